The van der Waals surface area contributed by atoms with E-state index in [-0.39, 0.29) is 17.5 Å². The van der Waals surface area contributed by atoms with Gasteiger partial charge >= 0.3 is 5.97 Å². The molecular weight excluding hydrogens is 352 g/mol. The normalized spacial score (nSPS) is 15.6. The van der Waals surface area contributed by atoms with Crippen LogP contribution < -0.4 is 10.1 Å². The van der Waals surface area contributed by atoms with E-state index in [9.17, 15) is 14.7 Å². The fourth-order valence-electron chi connectivity index (χ4n) is 3.10. The lowest BCUT2D eigenvalue weighted by atomic mass is 10.0. The lowest BCUT2D eigenvalue weighted by molar-refractivity contribution is 0.0696. The summed E-state index contributed by atoms with van der Waals surface area (Å²) in [5.41, 5.74) is 0.350. The minimum atomic E-state index is -1.08. The third-order valence-corrected chi connectivity index (χ3v) is 5.39. The van der Waals surface area contributed by atoms with Crippen molar-refractivity contribution in [1.82, 2.24) is 10.2 Å². The van der Waals surface area contributed by atoms with Crippen LogP contribution in [-0.2, 0) is 6.54 Å². The van der Waals surface area contributed by atoms with E-state index in [0.717, 1.165) is 32.5 Å². The number of amides is 1. The van der Waals surface area contributed by atoms with Crippen LogP contribution in [0.15, 0.2) is 35.7 Å². The average molecular weight is 374 g/mol. The molecule has 138 valence electrons. The maximum absolute atomic E-state index is 12.5. The summed E-state index contributed by atoms with van der Waals surface area (Å²) in [6.07, 6.45) is 1.76. The Bertz CT molecular complexity index is 768. The van der Waals surface area contributed by atoms with Gasteiger partial charge in [-0.1, -0.05) is 6.07 Å². The number of hydrogen-bond donors (Lipinski definition) is 2. The number of thiophene rings is 1. The molecule has 0 spiro atoms. The molecule has 0 bridgehead atoms. The number of hydrogen-bond acceptors (Lipinski definition) is 5. The van der Waals surface area contributed by atoms with Crippen LogP contribution in [0, 0.1) is 0 Å². The minimum absolute atomic E-state index is 0.0419. The van der Waals surface area contributed by atoms with Crippen LogP contribution >= 0.6 is 11.3 Å². The Labute approximate surface area is 156 Å². The molecule has 2 heterocycles. The molecule has 1 aliphatic heterocycles. The molecule has 1 saturated heterocycles. The van der Waals surface area contributed by atoms with Gasteiger partial charge in [0.25, 0.3) is 5.91 Å². The number of carboxylic acids is 1. The molecule has 26 heavy (non-hydrogen) atoms. The molecule has 2 aromatic rings. The van der Waals surface area contributed by atoms with E-state index in [1.165, 1.54) is 24.1 Å². The molecule has 1 amide bonds. The highest BCUT2D eigenvalue weighted by atomic mass is 32.1. The van der Waals surface area contributed by atoms with E-state index < -0.39 is 5.97 Å². The van der Waals surface area contributed by atoms with Crippen molar-refractivity contribution in [3.63, 3.8) is 0 Å². The first-order valence-electron chi connectivity index (χ1n) is 8.53. The molecule has 2 N–H and O–H groups in total. The Hall–Kier alpha value is -2.38. The second-order valence-electron chi connectivity index (χ2n) is 6.36. The number of benzene rings is 1. The van der Waals surface area contributed by atoms with Gasteiger partial charge in [-0.2, -0.15) is 0 Å². The van der Waals surface area contributed by atoms with Crippen LogP contribution in [-0.4, -0.2) is 48.1 Å². The quantitative estimate of drug-likeness (QED) is 0.813. The van der Waals surface area contributed by atoms with Gasteiger partial charge in [-0.25, -0.2) is 4.79 Å². The third-order valence-electron chi connectivity index (χ3n) is 4.53. The molecule has 1 aromatic heterocycles. The summed E-state index contributed by atoms with van der Waals surface area (Å²) in [5.74, 6) is -0.983. The van der Waals surface area contributed by atoms with E-state index in [4.69, 9.17) is 4.74 Å². The molecular formula is C19H22N2O4S. The van der Waals surface area contributed by atoms with Gasteiger partial charge in [-0.15, -0.1) is 11.3 Å². The standard InChI is InChI=1S/C19H22N2O4S/c1-25-16-10-13(9-14(11-16)19(23)24)18(22)20-15-4-6-21(7-5-15)12-17-3-2-8-26-17/h2-3,8-11,15H,4-7,12H2,1H3,(H,20,22)(H,23,24). The van der Waals surface area contributed by atoms with Gasteiger partial charge in [0.2, 0.25) is 0 Å². The molecule has 0 saturated carbocycles. The molecule has 1 aromatic carbocycles. The first-order chi connectivity index (χ1) is 12.5. The van der Waals surface area contributed by atoms with Crippen molar-refractivity contribution in [2.24, 2.45) is 0 Å². The van der Waals surface area contributed by atoms with Crippen LogP contribution in [0.3, 0.4) is 0 Å². The summed E-state index contributed by atoms with van der Waals surface area (Å²) < 4.78 is 5.10. The molecule has 1 aliphatic rings. The predicted molar refractivity (Wildman–Crippen MR) is 100 cm³/mol. The zero-order valence-corrected chi connectivity index (χ0v) is 15.4. The highest BCUT2D eigenvalue weighted by molar-refractivity contribution is 7.09. The van der Waals surface area contributed by atoms with Crippen molar-refractivity contribution in [3.8, 4) is 5.75 Å². The van der Waals surface area contributed by atoms with E-state index >= 15 is 0 Å². The first kappa shape index (κ1) is 18.4. The molecule has 0 atom stereocenters. The Morgan fingerprint density at radius 1 is 1.27 bits per heavy atom. The Morgan fingerprint density at radius 2 is 2.00 bits per heavy atom. The van der Waals surface area contributed by atoms with Crippen molar-refractivity contribution in [3.05, 3.63) is 51.7 Å². The topological polar surface area (TPSA) is 78.9 Å². The van der Waals surface area contributed by atoms with Crippen molar-refractivity contribution in [2.75, 3.05) is 20.2 Å². The van der Waals surface area contributed by atoms with Crippen molar-refractivity contribution < 1.29 is 19.4 Å². The van der Waals surface area contributed by atoms with Crippen molar-refractivity contribution >= 4 is 23.2 Å². The summed E-state index contributed by atoms with van der Waals surface area (Å²) in [6.45, 7) is 2.82. The maximum atomic E-state index is 12.5. The molecule has 6 nitrogen and oxygen atoms in total. The molecule has 0 aliphatic carbocycles. The van der Waals surface area contributed by atoms with Crippen molar-refractivity contribution in [2.45, 2.75) is 25.4 Å². The molecule has 7 heteroatoms. The molecule has 0 radical (unpaired) electrons. The maximum Gasteiger partial charge on any atom is 0.335 e. The number of carbonyl (C=O) groups is 2. The number of ether oxygens (including phenoxy) is 1. The van der Waals surface area contributed by atoms with E-state index in [1.54, 1.807) is 17.4 Å². The summed E-state index contributed by atoms with van der Waals surface area (Å²) in [4.78, 5) is 27.5. The number of likely N-dealkylation sites (tertiary alicyclic amines) is 1. The number of carbonyl (C=O) groups excluding carboxylic acids is 1. The van der Waals surface area contributed by atoms with Crippen LogP contribution in [0.2, 0.25) is 0 Å². The van der Waals surface area contributed by atoms with Crippen LogP contribution in [0.5, 0.6) is 5.75 Å². The summed E-state index contributed by atoms with van der Waals surface area (Å²) in [7, 11) is 1.45. The van der Waals surface area contributed by atoms with Crippen LogP contribution in [0.4, 0.5) is 0 Å². The highest BCUT2D eigenvalue weighted by Gasteiger charge is 2.22. The molecule has 0 unspecified atom stereocenters. The Kier molecular flexibility index (Phi) is 5.90. The van der Waals surface area contributed by atoms with E-state index in [2.05, 4.69) is 27.7 Å². The average Bonchev–Trinajstić information content (AvgIpc) is 3.15. The number of piperidine rings is 1. The summed E-state index contributed by atoms with van der Waals surface area (Å²) in [6, 6.07) is 8.65. The van der Waals surface area contributed by atoms with Gasteiger partial charge in [-0.05, 0) is 42.5 Å². The van der Waals surface area contributed by atoms with Gasteiger partial charge in [0.1, 0.15) is 5.75 Å². The number of rotatable bonds is 6. The lowest BCUT2D eigenvalue weighted by Gasteiger charge is -2.32. The van der Waals surface area contributed by atoms with E-state index in [0.29, 0.717) is 11.3 Å². The monoisotopic (exact) mass is 374 g/mol. The lowest BCUT2D eigenvalue weighted by Crippen LogP contribution is -2.44. The second kappa shape index (κ2) is 8.33. The summed E-state index contributed by atoms with van der Waals surface area (Å²) in [5, 5.41) is 14.3. The van der Waals surface area contributed by atoms with Gasteiger partial charge in [0.05, 0.1) is 12.7 Å². The summed E-state index contributed by atoms with van der Waals surface area (Å²) >= 11 is 1.76. The number of nitrogens with one attached hydrogen (secondary N) is 1. The molecule has 3 rings (SSSR count). The number of carboxylic acid groups (broad SMARTS) is 1. The smallest absolute Gasteiger partial charge is 0.335 e. The zero-order chi connectivity index (χ0) is 18.5. The Balaban J connectivity index is 1.57. The Morgan fingerprint density at radius 3 is 2.62 bits per heavy atom. The fourth-order valence-corrected chi connectivity index (χ4v) is 3.84. The fraction of sp³-hybridized carbons (Fsp3) is 0.368. The van der Waals surface area contributed by atoms with Gasteiger partial charge < -0.3 is 15.2 Å². The predicted octanol–water partition coefficient (Wildman–Crippen LogP) is 2.85. The van der Waals surface area contributed by atoms with E-state index in [1.807, 2.05) is 0 Å². The van der Waals surface area contributed by atoms with Crippen LogP contribution in [0.1, 0.15) is 38.4 Å². The number of aromatic carboxylic acids is 1. The first-order valence-corrected chi connectivity index (χ1v) is 9.41. The molecule has 1 fully saturated rings. The second-order valence-corrected chi connectivity index (χ2v) is 7.39. The van der Waals surface area contributed by atoms with Gasteiger partial charge in [0, 0.05) is 36.1 Å². The largest absolute Gasteiger partial charge is 0.497 e. The highest BCUT2D eigenvalue weighted by Crippen LogP contribution is 2.19. The van der Waals surface area contributed by atoms with Gasteiger partial charge in [-0.3, -0.25) is 9.69 Å². The third kappa shape index (κ3) is 4.62. The van der Waals surface area contributed by atoms with Crippen LogP contribution in [0.25, 0.3) is 0 Å². The van der Waals surface area contributed by atoms with Crippen molar-refractivity contribution in [1.29, 1.82) is 0 Å². The van der Waals surface area contributed by atoms with Gasteiger partial charge in [0.15, 0.2) is 0 Å². The number of nitrogens with zero attached hydrogens (tertiary/aromatic N) is 1. The SMILES string of the molecule is COc1cc(C(=O)O)cc(C(=O)NC2CCN(Cc3cccs3)CC2)c1. The zero-order valence-electron chi connectivity index (χ0n) is 14.6. The minimum Gasteiger partial charge on any atom is -0.497 e. The number of methoxy groups -OCH3 is 1.